The first kappa shape index (κ1) is 19.8. The summed E-state index contributed by atoms with van der Waals surface area (Å²) in [4.78, 5) is 42.1. The lowest BCUT2D eigenvalue weighted by atomic mass is 9.81. The highest BCUT2D eigenvalue weighted by molar-refractivity contribution is 5.94. The number of nitrogens with zero attached hydrogens (tertiary/aromatic N) is 2. The number of likely N-dealkylation sites (tertiary alicyclic amines) is 1. The number of Topliss-reactive ketones (excluding diaryl/α,β-unsaturated/α-hetero) is 1. The summed E-state index contributed by atoms with van der Waals surface area (Å²) < 4.78 is 10.9. The summed E-state index contributed by atoms with van der Waals surface area (Å²) >= 11 is 0. The van der Waals surface area contributed by atoms with Crippen LogP contribution in [0.15, 0.2) is 0 Å². The Morgan fingerprint density at radius 2 is 1.79 bits per heavy atom. The highest BCUT2D eigenvalue weighted by Crippen LogP contribution is 2.34. The number of rotatable bonds is 5. The van der Waals surface area contributed by atoms with Crippen LogP contribution >= 0.6 is 0 Å². The van der Waals surface area contributed by atoms with E-state index < -0.39 is 6.04 Å². The highest BCUT2D eigenvalue weighted by Gasteiger charge is 2.48. The Morgan fingerprint density at radius 1 is 1.04 bits per heavy atom. The third-order valence-electron chi connectivity index (χ3n) is 6.87. The fourth-order valence-corrected chi connectivity index (χ4v) is 5.33. The first-order valence-electron chi connectivity index (χ1n) is 10.9. The van der Waals surface area contributed by atoms with Crippen molar-refractivity contribution in [1.29, 1.82) is 0 Å². The minimum atomic E-state index is -0.431. The molecule has 4 rings (SSSR count). The van der Waals surface area contributed by atoms with Gasteiger partial charge in [0.1, 0.15) is 12.6 Å². The normalized spacial score (nSPS) is 29.8. The van der Waals surface area contributed by atoms with Gasteiger partial charge < -0.3 is 19.3 Å². The van der Waals surface area contributed by atoms with Gasteiger partial charge in [-0.1, -0.05) is 32.1 Å². The molecule has 156 valence electrons. The van der Waals surface area contributed by atoms with E-state index in [4.69, 9.17) is 9.47 Å². The molecule has 0 aromatic carbocycles. The van der Waals surface area contributed by atoms with E-state index in [1.807, 2.05) is 4.90 Å². The third-order valence-corrected chi connectivity index (χ3v) is 6.87. The monoisotopic (exact) mass is 392 g/mol. The minimum Gasteiger partial charge on any atom is -0.378 e. The Bertz CT molecular complexity index is 598. The highest BCUT2D eigenvalue weighted by atomic mass is 16.5. The molecular weight excluding hydrogens is 360 g/mol. The van der Waals surface area contributed by atoms with E-state index in [0.717, 1.165) is 25.7 Å². The Balaban J connectivity index is 1.45. The fourth-order valence-electron chi connectivity index (χ4n) is 5.33. The predicted octanol–water partition coefficient (Wildman–Crippen LogP) is 1.39. The van der Waals surface area contributed by atoms with Gasteiger partial charge in [-0.05, 0) is 18.8 Å². The number of amides is 2. The summed E-state index contributed by atoms with van der Waals surface area (Å²) in [6.45, 7) is 3.00. The van der Waals surface area contributed by atoms with E-state index >= 15 is 0 Å². The molecule has 2 amide bonds. The van der Waals surface area contributed by atoms with E-state index in [-0.39, 0.29) is 42.6 Å². The maximum Gasteiger partial charge on any atom is 0.226 e. The van der Waals surface area contributed by atoms with Gasteiger partial charge in [0.15, 0.2) is 5.78 Å². The zero-order valence-electron chi connectivity index (χ0n) is 16.6. The van der Waals surface area contributed by atoms with E-state index in [9.17, 15) is 14.4 Å². The van der Waals surface area contributed by atoms with Crippen LogP contribution in [-0.4, -0.2) is 79.0 Å². The summed E-state index contributed by atoms with van der Waals surface area (Å²) in [5.74, 6) is 0.215. The average molecular weight is 392 g/mol. The van der Waals surface area contributed by atoms with Gasteiger partial charge in [-0.2, -0.15) is 0 Å². The number of hydrogen-bond acceptors (Lipinski definition) is 5. The number of ketones is 1. The SMILES string of the molecule is O=C1COC2CCN(C(=O)C(CC(=O)N3CCOCC3)CC3CCCCC3)C12. The molecular formula is C21H32N2O5. The molecule has 3 saturated heterocycles. The van der Waals surface area contributed by atoms with Crippen LogP contribution in [-0.2, 0) is 23.9 Å². The molecule has 3 aliphatic heterocycles. The molecule has 4 aliphatic rings. The fraction of sp³-hybridized carbons (Fsp3) is 0.857. The molecule has 3 heterocycles. The van der Waals surface area contributed by atoms with Crippen molar-refractivity contribution in [2.75, 3.05) is 39.5 Å². The molecule has 0 spiro atoms. The molecule has 28 heavy (non-hydrogen) atoms. The van der Waals surface area contributed by atoms with Crippen molar-refractivity contribution in [1.82, 2.24) is 9.80 Å². The maximum atomic E-state index is 13.4. The molecule has 0 radical (unpaired) electrons. The number of hydrogen-bond donors (Lipinski definition) is 0. The van der Waals surface area contributed by atoms with Crippen molar-refractivity contribution in [2.45, 2.75) is 63.5 Å². The molecule has 0 N–H and O–H groups in total. The standard InChI is InChI=1S/C21H32N2O5/c24-17-14-28-18-6-7-23(20(17)18)21(26)16(12-15-4-2-1-3-5-15)13-19(25)22-8-10-27-11-9-22/h15-16,18,20H,1-14H2. The van der Waals surface area contributed by atoms with Crippen molar-refractivity contribution in [3.8, 4) is 0 Å². The average Bonchev–Trinajstić information content (AvgIpc) is 3.31. The molecule has 0 aromatic heterocycles. The molecule has 0 bridgehead atoms. The largest absolute Gasteiger partial charge is 0.378 e. The van der Waals surface area contributed by atoms with Crippen molar-refractivity contribution in [3.05, 3.63) is 0 Å². The zero-order chi connectivity index (χ0) is 19.5. The summed E-state index contributed by atoms with van der Waals surface area (Å²) in [6, 6.07) is -0.431. The van der Waals surface area contributed by atoms with Gasteiger partial charge in [0.25, 0.3) is 0 Å². The van der Waals surface area contributed by atoms with Gasteiger partial charge in [0.2, 0.25) is 11.8 Å². The first-order valence-corrected chi connectivity index (χ1v) is 10.9. The maximum absolute atomic E-state index is 13.4. The Hall–Kier alpha value is -1.47. The smallest absolute Gasteiger partial charge is 0.226 e. The Labute approximate surface area is 166 Å². The van der Waals surface area contributed by atoms with Crippen LogP contribution in [0.2, 0.25) is 0 Å². The van der Waals surface area contributed by atoms with Crippen LogP contribution in [0.1, 0.15) is 51.4 Å². The molecule has 3 unspecified atom stereocenters. The lowest BCUT2D eigenvalue weighted by molar-refractivity contribution is -0.145. The minimum absolute atomic E-state index is 0.00627. The van der Waals surface area contributed by atoms with Gasteiger partial charge in [0.05, 0.1) is 19.3 Å². The van der Waals surface area contributed by atoms with Crippen LogP contribution in [0.25, 0.3) is 0 Å². The van der Waals surface area contributed by atoms with Gasteiger partial charge in [0, 0.05) is 32.0 Å². The molecule has 3 atom stereocenters. The second-order valence-electron chi connectivity index (χ2n) is 8.71. The van der Waals surface area contributed by atoms with E-state index in [1.54, 1.807) is 4.90 Å². The van der Waals surface area contributed by atoms with Crippen LogP contribution in [0.3, 0.4) is 0 Å². The Kier molecular flexibility index (Phi) is 6.31. The number of fused-ring (bicyclic) bond motifs is 1. The van der Waals surface area contributed by atoms with E-state index in [1.165, 1.54) is 19.3 Å². The van der Waals surface area contributed by atoms with Crippen LogP contribution in [0.4, 0.5) is 0 Å². The van der Waals surface area contributed by atoms with Crippen molar-refractivity contribution in [3.63, 3.8) is 0 Å². The molecule has 7 nitrogen and oxygen atoms in total. The Morgan fingerprint density at radius 3 is 2.54 bits per heavy atom. The third kappa shape index (κ3) is 4.25. The van der Waals surface area contributed by atoms with E-state index in [2.05, 4.69) is 0 Å². The van der Waals surface area contributed by atoms with Crippen LogP contribution in [0.5, 0.6) is 0 Å². The number of carbonyl (C=O) groups is 3. The second kappa shape index (κ2) is 8.91. The molecule has 7 heteroatoms. The zero-order valence-corrected chi connectivity index (χ0v) is 16.6. The summed E-state index contributed by atoms with van der Waals surface area (Å²) in [6.07, 6.45) is 7.55. The summed E-state index contributed by atoms with van der Waals surface area (Å²) in [7, 11) is 0. The van der Waals surface area contributed by atoms with E-state index in [0.29, 0.717) is 38.8 Å². The topological polar surface area (TPSA) is 76.2 Å². The number of carbonyl (C=O) groups excluding carboxylic acids is 3. The second-order valence-corrected chi connectivity index (χ2v) is 8.71. The number of ether oxygens (including phenoxy) is 2. The van der Waals surface area contributed by atoms with Gasteiger partial charge in [-0.3, -0.25) is 14.4 Å². The molecule has 1 aliphatic carbocycles. The van der Waals surface area contributed by atoms with Crippen LogP contribution in [0, 0.1) is 11.8 Å². The summed E-state index contributed by atoms with van der Waals surface area (Å²) in [5, 5.41) is 0. The van der Waals surface area contributed by atoms with Crippen molar-refractivity contribution < 1.29 is 23.9 Å². The van der Waals surface area contributed by atoms with Gasteiger partial charge >= 0.3 is 0 Å². The van der Waals surface area contributed by atoms with Crippen LogP contribution < -0.4 is 0 Å². The molecule has 1 saturated carbocycles. The quantitative estimate of drug-likeness (QED) is 0.707. The first-order chi connectivity index (χ1) is 13.6. The van der Waals surface area contributed by atoms with Crippen molar-refractivity contribution in [2.24, 2.45) is 11.8 Å². The van der Waals surface area contributed by atoms with Gasteiger partial charge in [-0.25, -0.2) is 0 Å². The van der Waals surface area contributed by atoms with Gasteiger partial charge in [-0.15, -0.1) is 0 Å². The number of morpholine rings is 1. The summed E-state index contributed by atoms with van der Waals surface area (Å²) in [5.41, 5.74) is 0. The predicted molar refractivity (Wildman–Crippen MR) is 102 cm³/mol. The lowest BCUT2D eigenvalue weighted by Crippen LogP contribution is -2.47. The lowest BCUT2D eigenvalue weighted by Gasteiger charge is -2.32. The molecule has 4 fully saturated rings. The molecule has 0 aromatic rings. The van der Waals surface area contributed by atoms with Crippen molar-refractivity contribution >= 4 is 17.6 Å².